The Kier molecular flexibility index (Phi) is 2.92. The van der Waals surface area contributed by atoms with Gasteiger partial charge in [-0.05, 0) is 31.4 Å². The third-order valence-electron chi connectivity index (χ3n) is 3.36. The Bertz CT molecular complexity index is 527. The quantitative estimate of drug-likeness (QED) is 0.816. The molecule has 2 aromatic rings. The average Bonchev–Trinajstić information content (AvgIpc) is 2.81. The average molecular weight is 227 g/mol. The van der Waals surface area contributed by atoms with Gasteiger partial charge in [0, 0.05) is 24.3 Å². The molecule has 0 aromatic carbocycles. The van der Waals surface area contributed by atoms with E-state index in [4.69, 9.17) is 0 Å². The molecule has 0 bridgehead atoms. The lowest BCUT2D eigenvalue weighted by Crippen LogP contribution is -2.29. The highest BCUT2D eigenvalue weighted by Crippen LogP contribution is 2.13. The lowest BCUT2D eigenvalue weighted by molar-refractivity contribution is 0.475. The Hall–Kier alpha value is -1.61. The number of hydrogen-bond donors (Lipinski definition) is 1. The van der Waals surface area contributed by atoms with Gasteiger partial charge < -0.3 is 5.32 Å². The molecule has 0 radical (unpaired) electrons. The Balaban J connectivity index is 1.70. The van der Waals surface area contributed by atoms with Crippen LogP contribution in [0.4, 0.5) is 0 Å². The van der Waals surface area contributed by atoms with Gasteiger partial charge in [0.05, 0.1) is 11.7 Å². The van der Waals surface area contributed by atoms with Crippen LogP contribution in [0.1, 0.15) is 24.8 Å². The van der Waals surface area contributed by atoms with Crippen LogP contribution >= 0.6 is 0 Å². The first-order valence-corrected chi connectivity index (χ1v) is 6.23. The van der Waals surface area contributed by atoms with Crippen LogP contribution in [0.5, 0.6) is 0 Å². The maximum absolute atomic E-state index is 4.35. The van der Waals surface area contributed by atoms with Crippen LogP contribution in [0.15, 0.2) is 42.7 Å². The summed E-state index contributed by atoms with van der Waals surface area (Å²) >= 11 is 0. The number of fused-ring (bicyclic) bond motifs is 1. The van der Waals surface area contributed by atoms with Gasteiger partial charge in [-0.1, -0.05) is 18.2 Å². The smallest absolute Gasteiger partial charge is 0.0706 e. The zero-order chi connectivity index (χ0) is 11.5. The minimum Gasteiger partial charge on any atom is -0.309 e. The van der Waals surface area contributed by atoms with Crippen molar-refractivity contribution in [3.8, 4) is 0 Å². The molecule has 1 N–H and O–H groups in total. The van der Waals surface area contributed by atoms with Crippen molar-refractivity contribution in [3.63, 3.8) is 0 Å². The molecular weight excluding hydrogens is 210 g/mol. The molecular formula is C14H17N3. The van der Waals surface area contributed by atoms with E-state index in [0.29, 0.717) is 6.04 Å². The van der Waals surface area contributed by atoms with Crippen molar-refractivity contribution in [1.82, 2.24) is 14.9 Å². The second-order valence-electron chi connectivity index (χ2n) is 4.56. The molecule has 3 nitrogen and oxygen atoms in total. The molecule has 1 atom stereocenters. The summed E-state index contributed by atoms with van der Waals surface area (Å²) in [4.78, 5) is 0. The standard InChI is InChI=1S/C14H17N3/c1-2-6-13(7-3-1)15-10-12-11-16-17-9-5-4-8-14(12)17/h1-2,4-5,8-9,11,13,15H,3,6-7,10H2. The minimum atomic E-state index is 0.624. The molecule has 0 aliphatic heterocycles. The molecule has 0 fully saturated rings. The molecule has 3 heteroatoms. The van der Waals surface area contributed by atoms with Crippen molar-refractivity contribution < 1.29 is 0 Å². The molecule has 0 saturated carbocycles. The van der Waals surface area contributed by atoms with Crippen molar-refractivity contribution in [1.29, 1.82) is 0 Å². The van der Waals surface area contributed by atoms with E-state index in [1.54, 1.807) is 0 Å². The first-order valence-electron chi connectivity index (χ1n) is 6.23. The highest BCUT2D eigenvalue weighted by Gasteiger charge is 2.10. The van der Waals surface area contributed by atoms with Crippen LogP contribution in [0.25, 0.3) is 5.52 Å². The van der Waals surface area contributed by atoms with Crippen LogP contribution in [-0.2, 0) is 6.54 Å². The summed E-state index contributed by atoms with van der Waals surface area (Å²) < 4.78 is 1.93. The van der Waals surface area contributed by atoms with Gasteiger partial charge in [-0.3, -0.25) is 0 Å². The topological polar surface area (TPSA) is 29.3 Å². The monoisotopic (exact) mass is 227 g/mol. The SMILES string of the molecule is C1=CCC(NCc2cnn3ccccc23)CC1. The fraction of sp³-hybridized carbons (Fsp3) is 0.357. The van der Waals surface area contributed by atoms with Crippen molar-refractivity contribution in [2.75, 3.05) is 0 Å². The highest BCUT2D eigenvalue weighted by molar-refractivity contribution is 5.53. The van der Waals surface area contributed by atoms with Gasteiger partial charge in [-0.15, -0.1) is 0 Å². The van der Waals surface area contributed by atoms with Crippen molar-refractivity contribution in [3.05, 3.63) is 48.3 Å². The second-order valence-corrected chi connectivity index (χ2v) is 4.56. The van der Waals surface area contributed by atoms with E-state index in [0.717, 1.165) is 13.0 Å². The molecule has 0 amide bonds. The minimum absolute atomic E-state index is 0.624. The zero-order valence-corrected chi connectivity index (χ0v) is 9.84. The first kappa shape index (κ1) is 10.5. The number of allylic oxidation sites excluding steroid dienone is 1. The first-order chi connectivity index (χ1) is 8.43. The molecule has 2 heterocycles. The van der Waals surface area contributed by atoms with Gasteiger partial charge >= 0.3 is 0 Å². The van der Waals surface area contributed by atoms with Gasteiger partial charge in [0.1, 0.15) is 0 Å². The molecule has 17 heavy (non-hydrogen) atoms. The molecule has 0 spiro atoms. The van der Waals surface area contributed by atoms with Crippen LogP contribution in [-0.4, -0.2) is 15.7 Å². The fourth-order valence-electron chi connectivity index (χ4n) is 2.36. The number of pyridine rings is 1. The second kappa shape index (κ2) is 4.72. The summed E-state index contributed by atoms with van der Waals surface area (Å²) in [6, 6.07) is 6.80. The summed E-state index contributed by atoms with van der Waals surface area (Å²) in [6.07, 6.45) is 12.1. The van der Waals surface area contributed by atoms with E-state index in [1.807, 2.05) is 23.0 Å². The molecule has 1 aliphatic rings. The normalized spacial score (nSPS) is 19.9. The van der Waals surface area contributed by atoms with Crippen molar-refractivity contribution in [2.24, 2.45) is 0 Å². The maximum Gasteiger partial charge on any atom is 0.0706 e. The molecule has 3 rings (SSSR count). The maximum atomic E-state index is 4.35. The highest BCUT2D eigenvalue weighted by atomic mass is 15.2. The third kappa shape index (κ3) is 2.24. The van der Waals surface area contributed by atoms with E-state index in [1.165, 1.54) is 23.9 Å². The molecule has 1 aliphatic carbocycles. The Morgan fingerprint density at radius 1 is 1.35 bits per heavy atom. The van der Waals surface area contributed by atoms with Crippen LogP contribution in [0, 0.1) is 0 Å². The zero-order valence-electron chi connectivity index (χ0n) is 9.84. The van der Waals surface area contributed by atoms with Crippen LogP contribution in [0.2, 0.25) is 0 Å². The lowest BCUT2D eigenvalue weighted by atomic mass is 10.0. The van der Waals surface area contributed by atoms with Crippen LogP contribution < -0.4 is 5.32 Å². The van der Waals surface area contributed by atoms with E-state index in [2.05, 4.69) is 34.7 Å². The molecule has 2 aromatic heterocycles. The number of hydrogen-bond acceptors (Lipinski definition) is 2. The number of aromatic nitrogens is 2. The fourth-order valence-corrected chi connectivity index (χ4v) is 2.36. The van der Waals surface area contributed by atoms with E-state index >= 15 is 0 Å². The number of nitrogens with zero attached hydrogens (tertiary/aromatic N) is 2. The van der Waals surface area contributed by atoms with Crippen LogP contribution in [0.3, 0.4) is 0 Å². The summed E-state index contributed by atoms with van der Waals surface area (Å²) in [6.45, 7) is 0.909. The van der Waals surface area contributed by atoms with E-state index in [9.17, 15) is 0 Å². The van der Waals surface area contributed by atoms with Gasteiger partial charge in [0.15, 0.2) is 0 Å². The summed E-state index contributed by atoms with van der Waals surface area (Å²) in [5.41, 5.74) is 2.48. The Morgan fingerprint density at radius 2 is 2.35 bits per heavy atom. The van der Waals surface area contributed by atoms with Crippen molar-refractivity contribution in [2.45, 2.75) is 31.8 Å². The number of nitrogens with one attached hydrogen (secondary N) is 1. The van der Waals surface area contributed by atoms with Gasteiger partial charge in [0.2, 0.25) is 0 Å². The Labute approximate surface area is 101 Å². The third-order valence-corrected chi connectivity index (χ3v) is 3.36. The largest absolute Gasteiger partial charge is 0.309 e. The Morgan fingerprint density at radius 3 is 3.24 bits per heavy atom. The van der Waals surface area contributed by atoms with Gasteiger partial charge in [0.25, 0.3) is 0 Å². The lowest BCUT2D eigenvalue weighted by Gasteiger charge is -2.18. The molecule has 88 valence electrons. The summed E-state index contributed by atoms with van der Waals surface area (Å²) in [5.74, 6) is 0. The predicted octanol–water partition coefficient (Wildman–Crippen LogP) is 2.53. The van der Waals surface area contributed by atoms with Gasteiger partial charge in [-0.2, -0.15) is 5.10 Å². The predicted molar refractivity (Wildman–Crippen MR) is 68.8 cm³/mol. The van der Waals surface area contributed by atoms with Gasteiger partial charge in [-0.25, -0.2) is 4.52 Å². The van der Waals surface area contributed by atoms with E-state index < -0.39 is 0 Å². The summed E-state index contributed by atoms with van der Waals surface area (Å²) in [5, 5.41) is 7.96. The van der Waals surface area contributed by atoms with Crippen molar-refractivity contribution >= 4 is 5.52 Å². The molecule has 1 unspecified atom stereocenters. The molecule has 0 saturated heterocycles. The number of rotatable bonds is 3. The van der Waals surface area contributed by atoms with E-state index in [-0.39, 0.29) is 0 Å². The summed E-state index contributed by atoms with van der Waals surface area (Å²) in [7, 11) is 0.